The van der Waals surface area contributed by atoms with E-state index in [0.717, 1.165) is 6.42 Å². The Labute approximate surface area is 116 Å². The summed E-state index contributed by atoms with van der Waals surface area (Å²) in [4.78, 5) is 8.42. The van der Waals surface area contributed by atoms with Crippen LogP contribution in [0.3, 0.4) is 0 Å². The maximum atomic E-state index is 13.3. The SMILES string of the molecule is CC1=NCCCN=C(C)/C(C)=N/O[B-](F)(F)O/N=C/1C. The molecule has 112 valence electrons. The summed E-state index contributed by atoms with van der Waals surface area (Å²) in [6.07, 6.45) is 0.747. The second-order valence-corrected chi connectivity index (χ2v) is 4.39. The monoisotopic (exact) mass is 287 g/mol. The van der Waals surface area contributed by atoms with Gasteiger partial charge in [0.2, 0.25) is 0 Å². The molecule has 1 rings (SSSR count). The minimum Gasteiger partial charge on any atom is -0.519 e. The first-order chi connectivity index (χ1) is 9.32. The fraction of sp³-hybridized carbons (Fsp3) is 0.636. The van der Waals surface area contributed by atoms with Gasteiger partial charge in [-0.15, -0.1) is 10.3 Å². The van der Waals surface area contributed by atoms with Gasteiger partial charge in [0.1, 0.15) is 0 Å². The Balaban J connectivity index is 2.96. The van der Waals surface area contributed by atoms with Crippen molar-refractivity contribution >= 4 is 30.0 Å². The minimum atomic E-state index is -4.61. The first-order valence-corrected chi connectivity index (χ1v) is 6.30. The van der Waals surface area contributed by atoms with E-state index >= 15 is 0 Å². The number of oxime groups is 2. The minimum absolute atomic E-state index is 0.271. The fourth-order valence-electron chi connectivity index (χ4n) is 1.23. The lowest BCUT2D eigenvalue weighted by Crippen LogP contribution is -2.29. The molecule has 20 heavy (non-hydrogen) atoms. The van der Waals surface area contributed by atoms with Crippen LogP contribution in [0.25, 0.3) is 0 Å². The standard InChI is InChI=1S/C11H18BF2N4O2/c1-8-10(3)17-19-12(13,14)20-18-11(4)9(2)16-7-5-6-15-8/h5-7H2,1-4H3/q-1/b15-8?,16-9?,17-10+,18-11+. The third-order valence-corrected chi connectivity index (χ3v) is 2.69. The molecular weight excluding hydrogens is 269 g/mol. The van der Waals surface area contributed by atoms with Gasteiger partial charge >= 0.3 is 7.11 Å². The largest absolute Gasteiger partial charge is 0.766 e. The smallest absolute Gasteiger partial charge is 0.519 e. The van der Waals surface area contributed by atoms with Crippen molar-refractivity contribution in [3.63, 3.8) is 0 Å². The first-order valence-electron chi connectivity index (χ1n) is 6.30. The lowest BCUT2D eigenvalue weighted by molar-refractivity contribution is 0.0940. The van der Waals surface area contributed by atoms with Crippen molar-refractivity contribution in [3.8, 4) is 0 Å². The Morgan fingerprint density at radius 1 is 0.800 bits per heavy atom. The van der Waals surface area contributed by atoms with Gasteiger partial charge in [-0.25, -0.2) is 0 Å². The van der Waals surface area contributed by atoms with Crippen LogP contribution in [0.15, 0.2) is 20.3 Å². The highest BCUT2D eigenvalue weighted by Crippen LogP contribution is 2.12. The first kappa shape index (κ1) is 16.3. The van der Waals surface area contributed by atoms with Crippen molar-refractivity contribution in [1.29, 1.82) is 0 Å². The molecule has 0 radical (unpaired) electrons. The van der Waals surface area contributed by atoms with Crippen LogP contribution in [0, 0.1) is 0 Å². The lowest BCUT2D eigenvalue weighted by atomic mass is 10.2. The Kier molecular flexibility index (Phi) is 5.78. The topological polar surface area (TPSA) is 67.9 Å². The summed E-state index contributed by atoms with van der Waals surface area (Å²) in [7, 11) is -4.61. The zero-order valence-corrected chi connectivity index (χ0v) is 12.1. The number of hydrogen-bond donors (Lipinski definition) is 0. The highest BCUT2D eigenvalue weighted by Gasteiger charge is 2.34. The summed E-state index contributed by atoms with van der Waals surface area (Å²) in [5, 5.41) is 6.66. The lowest BCUT2D eigenvalue weighted by Gasteiger charge is -2.20. The molecule has 0 fully saturated rings. The van der Waals surface area contributed by atoms with Gasteiger partial charge in [0.05, 0.1) is 22.8 Å². The molecule has 0 aromatic rings. The predicted molar refractivity (Wildman–Crippen MR) is 76.9 cm³/mol. The van der Waals surface area contributed by atoms with Crippen LogP contribution in [-0.4, -0.2) is 43.0 Å². The third kappa shape index (κ3) is 5.46. The van der Waals surface area contributed by atoms with E-state index in [1.165, 1.54) is 13.8 Å². The van der Waals surface area contributed by atoms with Crippen molar-refractivity contribution < 1.29 is 18.1 Å². The average molecular weight is 287 g/mol. The fourth-order valence-corrected chi connectivity index (χ4v) is 1.23. The second-order valence-electron chi connectivity index (χ2n) is 4.39. The molecular formula is C11H18BF2N4O2-. The van der Waals surface area contributed by atoms with Crippen molar-refractivity contribution in [2.45, 2.75) is 34.1 Å². The molecule has 0 unspecified atom stereocenters. The van der Waals surface area contributed by atoms with E-state index in [0.29, 0.717) is 24.5 Å². The molecule has 0 amide bonds. The molecule has 1 aliphatic heterocycles. The molecule has 0 aromatic heterocycles. The van der Waals surface area contributed by atoms with Gasteiger partial charge in [-0.05, 0) is 34.1 Å². The number of aliphatic imine (C=N–C) groups is 2. The number of nitrogens with zero attached hydrogens (tertiary/aromatic N) is 4. The molecule has 0 bridgehead atoms. The number of halogens is 2. The summed E-state index contributed by atoms with van der Waals surface area (Å²) in [5.41, 5.74) is 1.61. The van der Waals surface area contributed by atoms with E-state index in [1.54, 1.807) is 13.8 Å². The molecule has 1 heterocycles. The van der Waals surface area contributed by atoms with E-state index in [1.807, 2.05) is 0 Å². The molecule has 0 spiro atoms. The van der Waals surface area contributed by atoms with Crippen LogP contribution in [-0.2, 0) is 9.51 Å². The summed E-state index contributed by atoms with van der Waals surface area (Å²) < 4.78 is 34.8. The normalized spacial score (nSPS) is 26.5. The summed E-state index contributed by atoms with van der Waals surface area (Å²) in [5.74, 6) is 0. The zero-order chi connectivity index (χ0) is 15.2. The second kappa shape index (κ2) is 7.11. The summed E-state index contributed by atoms with van der Waals surface area (Å²) in [6.45, 7) is 7.52. The van der Waals surface area contributed by atoms with Crippen LogP contribution >= 0.6 is 0 Å². The van der Waals surface area contributed by atoms with Crippen LogP contribution in [0.1, 0.15) is 34.1 Å². The van der Waals surface area contributed by atoms with Crippen LogP contribution in [0.5, 0.6) is 0 Å². The Bertz CT molecular complexity index is 435. The molecule has 9 heteroatoms. The highest BCUT2D eigenvalue weighted by molar-refractivity contribution is 6.52. The Hall–Kier alpha value is -1.80. The Morgan fingerprint density at radius 2 is 1.20 bits per heavy atom. The predicted octanol–water partition coefficient (Wildman–Crippen LogP) is 2.47. The third-order valence-electron chi connectivity index (χ3n) is 2.69. The van der Waals surface area contributed by atoms with E-state index < -0.39 is 7.11 Å². The van der Waals surface area contributed by atoms with E-state index in [4.69, 9.17) is 0 Å². The van der Waals surface area contributed by atoms with Crippen molar-refractivity contribution in [2.75, 3.05) is 13.1 Å². The molecule has 0 saturated heterocycles. The summed E-state index contributed by atoms with van der Waals surface area (Å²) >= 11 is 0. The van der Waals surface area contributed by atoms with Gasteiger partial charge in [-0.3, -0.25) is 9.98 Å². The van der Waals surface area contributed by atoms with Gasteiger partial charge in [-0.2, -0.15) is 0 Å². The quantitative estimate of drug-likeness (QED) is 0.642. The average Bonchev–Trinajstić information content (AvgIpc) is 2.40. The van der Waals surface area contributed by atoms with Gasteiger partial charge in [-0.1, -0.05) is 0 Å². The molecule has 1 aliphatic rings. The maximum absolute atomic E-state index is 13.3. The van der Waals surface area contributed by atoms with E-state index in [9.17, 15) is 8.63 Å². The van der Waals surface area contributed by atoms with Crippen molar-refractivity contribution in [1.82, 2.24) is 0 Å². The molecule has 0 aromatic carbocycles. The van der Waals surface area contributed by atoms with Gasteiger partial charge in [0.25, 0.3) is 0 Å². The van der Waals surface area contributed by atoms with Crippen molar-refractivity contribution in [3.05, 3.63) is 0 Å². The maximum Gasteiger partial charge on any atom is 0.766 e. The zero-order valence-electron chi connectivity index (χ0n) is 12.1. The van der Waals surface area contributed by atoms with Crippen molar-refractivity contribution in [2.24, 2.45) is 20.3 Å². The molecule has 0 atom stereocenters. The Morgan fingerprint density at radius 3 is 1.60 bits per heavy atom. The number of hydrogen-bond acceptors (Lipinski definition) is 6. The molecule has 6 nitrogen and oxygen atoms in total. The van der Waals surface area contributed by atoms with Crippen LogP contribution in [0.2, 0.25) is 0 Å². The van der Waals surface area contributed by atoms with E-state index in [-0.39, 0.29) is 11.4 Å². The van der Waals surface area contributed by atoms with Crippen LogP contribution in [0.4, 0.5) is 8.63 Å². The van der Waals surface area contributed by atoms with Gasteiger partial charge < -0.3 is 18.1 Å². The highest BCUT2D eigenvalue weighted by atomic mass is 19.3. The van der Waals surface area contributed by atoms with E-state index in [2.05, 4.69) is 29.8 Å². The molecule has 0 N–H and O–H groups in total. The summed E-state index contributed by atoms with van der Waals surface area (Å²) in [6, 6.07) is 0. The van der Waals surface area contributed by atoms with Gasteiger partial charge in [0, 0.05) is 13.1 Å². The van der Waals surface area contributed by atoms with Crippen LogP contribution < -0.4 is 0 Å². The molecule has 0 aliphatic carbocycles. The molecule has 0 saturated carbocycles. The van der Waals surface area contributed by atoms with Gasteiger partial charge in [0.15, 0.2) is 0 Å². The number of rotatable bonds is 0.